The topological polar surface area (TPSA) is 59.2 Å². The Balaban J connectivity index is 1.38. The number of likely N-dealkylation sites (tertiary alicyclic amines) is 1. The summed E-state index contributed by atoms with van der Waals surface area (Å²) in [5.41, 5.74) is -0.524. The lowest BCUT2D eigenvalue weighted by atomic mass is 9.90. The van der Waals surface area contributed by atoms with Crippen LogP contribution >= 0.6 is 0 Å². The standard InChI is InChI=1S/C23H22FN3O2/c24-23(20-25-19(26-29-20)17-8-3-1-4-9-17)12-7-15-27(16-23)21(28)22(13-14-22)18-10-5-2-6-11-18/h1-6,8-11H,7,12-16H2. The van der Waals surface area contributed by atoms with Gasteiger partial charge in [-0.1, -0.05) is 65.8 Å². The number of amides is 1. The van der Waals surface area contributed by atoms with Gasteiger partial charge in [0.2, 0.25) is 17.4 Å². The largest absolute Gasteiger partial charge is 0.338 e. The van der Waals surface area contributed by atoms with E-state index < -0.39 is 11.1 Å². The minimum Gasteiger partial charge on any atom is -0.338 e. The molecule has 0 N–H and O–H groups in total. The molecule has 2 fully saturated rings. The normalized spacial score (nSPS) is 23.0. The number of halogens is 1. The molecule has 1 aromatic heterocycles. The van der Waals surface area contributed by atoms with Crippen LogP contribution in [-0.2, 0) is 15.9 Å². The third-order valence-electron chi connectivity index (χ3n) is 6.06. The molecule has 29 heavy (non-hydrogen) atoms. The lowest BCUT2D eigenvalue weighted by Crippen LogP contribution is -2.49. The van der Waals surface area contributed by atoms with Crippen molar-refractivity contribution in [3.05, 3.63) is 72.1 Å². The molecule has 2 aliphatic rings. The summed E-state index contributed by atoms with van der Waals surface area (Å²) in [7, 11) is 0. The number of rotatable bonds is 4. The number of carbonyl (C=O) groups excluding carboxylic acids is 1. The second-order valence-corrected chi connectivity index (χ2v) is 8.03. The Morgan fingerprint density at radius 2 is 1.69 bits per heavy atom. The molecule has 1 unspecified atom stereocenters. The molecule has 5 nitrogen and oxygen atoms in total. The second-order valence-electron chi connectivity index (χ2n) is 8.03. The van der Waals surface area contributed by atoms with Crippen molar-refractivity contribution in [2.75, 3.05) is 13.1 Å². The quantitative estimate of drug-likeness (QED) is 0.667. The van der Waals surface area contributed by atoms with Gasteiger partial charge in [0.25, 0.3) is 5.89 Å². The summed E-state index contributed by atoms with van der Waals surface area (Å²) in [6, 6.07) is 19.2. The van der Waals surface area contributed by atoms with Gasteiger partial charge in [0, 0.05) is 12.1 Å². The van der Waals surface area contributed by atoms with E-state index in [1.165, 1.54) is 0 Å². The zero-order valence-electron chi connectivity index (χ0n) is 16.1. The molecule has 2 heterocycles. The van der Waals surface area contributed by atoms with Crippen LogP contribution in [0.5, 0.6) is 0 Å². The minimum atomic E-state index is -1.82. The van der Waals surface area contributed by atoms with E-state index >= 15 is 4.39 Å². The molecular formula is C23H22FN3O2. The van der Waals surface area contributed by atoms with Crippen molar-refractivity contribution in [1.29, 1.82) is 0 Å². The van der Waals surface area contributed by atoms with Crippen molar-refractivity contribution in [2.24, 2.45) is 0 Å². The van der Waals surface area contributed by atoms with Crippen molar-refractivity contribution < 1.29 is 13.7 Å². The molecule has 1 saturated heterocycles. The molecule has 3 aromatic rings. The Morgan fingerprint density at radius 3 is 2.38 bits per heavy atom. The summed E-state index contributed by atoms with van der Waals surface area (Å²) in [5.74, 6) is 0.329. The molecule has 2 aromatic carbocycles. The number of aromatic nitrogens is 2. The maximum Gasteiger partial charge on any atom is 0.266 e. The highest BCUT2D eigenvalue weighted by molar-refractivity contribution is 5.91. The smallest absolute Gasteiger partial charge is 0.266 e. The number of nitrogens with zero attached hydrogens (tertiary/aromatic N) is 3. The Morgan fingerprint density at radius 1 is 1.00 bits per heavy atom. The summed E-state index contributed by atoms with van der Waals surface area (Å²) in [6.45, 7) is 0.510. The van der Waals surface area contributed by atoms with Crippen LogP contribution in [0.15, 0.2) is 65.2 Å². The SMILES string of the molecule is O=C(N1CCCC(F)(c2nc(-c3ccccc3)no2)C1)C1(c2ccccc2)CC1. The van der Waals surface area contributed by atoms with Crippen LogP contribution in [0.2, 0.25) is 0 Å². The molecule has 1 aliphatic heterocycles. The van der Waals surface area contributed by atoms with Crippen LogP contribution in [0.4, 0.5) is 4.39 Å². The van der Waals surface area contributed by atoms with Crippen LogP contribution in [0.3, 0.4) is 0 Å². The fourth-order valence-electron chi connectivity index (χ4n) is 4.28. The van der Waals surface area contributed by atoms with Gasteiger partial charge in [-0.2, -0.15) is 4.98 Å². The molecule has 148 valence electrons. The molecule has 0 radical (unpaired) electrons. The van der Waals surface area contributed by atoms with E-state index in [0.29, 0.717) is 18.8 Å². The first-order valence-corrected chi connectivity index (χ1v) is 10.0. The fourth-order valence-corrected chi connectivity index (χ4v) is 4.28. The predicted octanol–water partition coefficient (Wildman–Crippen LogP) is 4.26. The Kier molecular flexibility index (Phi) is 4.23. The van der Waals surface area contributed by atoms with Crippen LogP contribution in [0.1, 0.15) is 37.1 Å². The van der Waals surface area contributed by atoms with Gasteiger partial charge in [0.15, 0.2) is 0 Å². The predicted molar refractivity (Wildman–Crippen MR) is 106 cm³/mol. The average Bonchev–Trinajstić information content (AvgIpc) is 3.42. The first-order valence-electron chi connectivity index (χ1n) is 10.0. The molecular weight excluding hydrogens is 369 g/mol. The third kappa shape index (κ3) is 3.12. The fraction of sp³-hybridized carbons (Fsp3) is 0.348. The Hall–Kier alpha value is -3.02. The lowest BCUT2D eigenvalue weighted by molar-refractivity contribution is -0.139. The van der Waals surface area contributed by atoms with E-state index in [1.54, 1.807) is 4.90 Å². The van der Waals surface area contributed by atoms with Crippen molar-refractivity contribution in [1.82, 2.24) is 15.0 Å². The van der Waals surface area contributed by atoms with Crippen molar-refractivity contribution in [3.63, 3.8) is 0 Å². The van der Waals surface area contributed by atoms with Crippen molar-refractivity contribution in [2.45, 2.75) is 36.8 Å². The number of piperidine rings is 1. The summed E-state index contributed by atoms with van der Waals surface area (Å²) >= 11 is 0. The second kappa shape index (κ2) is 6.79. The highest BCUT2D eigenvalue weighted by Crippen LogP contribution is 2.50. The van der Waals surface area contributed by atoms with Crippen molar-refractivity contribution in [3.8, 4) is 11.4 Å². The van der Waals surface area contributed by atoms with Gasteiger partial charge in [-0.3, -0.25) is 4.79 Å². The van der Waals surface area contributed by atoms with Gasteiger partial charge >= 0.3 is 0 Å². The zero-order valence-corrected chi connectivity index (χ0v) is 16.1. The van der Waals surface area contributed by atoms with Crippen LogP contribution in [-0.4, -0.2) is 34.0 Å². The van der Waals surface area contributed by atoms with Crippen LogP contribution in [0, 0.1) is 0 Å². The molecule has 0 spiro atoms. The third-order valence-corrected chi connectivity index (χ3v) is 6.06. The first-order chi connectivity index (χ1) is 14.1. The monoisotopic (exact) mass is 391 g/mol. The molecule has 0 bridgehead atoms. The van der Waals surface area contributed by atoms with E-state index in [4.69, 9.17) is 4.52 Å². The molecule has 5 rings (SSSR count). The van der Waals surface area contributed by atoms with Gasteiger partial charge in [0.1, 0.15) is 0 Å². The zero-order chi connectivity index (χ0) is 19.9. The number of hydrogen-bond donors (Lipinski definition) is 0. The maximum absolute atomic E-state index is 15.9. The van der Waals surface area contributed by atoms with Gasteiger partial charge in [-0.25, -0.2) is 4.39 Å². The van der Waals surface area contributed by atoms with Crippen LogP contribution < -0.4 is 0 Å². The average molecular weight is 391 g/mol. The molecule has 1 aliphatic carbocycles. The van der Waals surface area contributed by atoms with Crippen LogP contribution in [0.25, 0.3) is 11.4 Å². The van der Waals surface area contributed by atoms with E-state index in [9.17, 15) is 4.79 Å². The molecule has 1 saturated carbocycles. The van der Waals surface area contributed by atoms with Gasteiger partial charge < -0.3 is 9.42 Å². The van der Waals surface area contributed by atoms with Gasteiger partial charge in [-0.05, 0) is 31.2 Å². The maximum atomic E-state index is 15.9. The van der Waals surface area contributed by atoms with E-state index in [2.05, 4.69) is 10.1 Å². The first kappa shape index (κ1) is 18.0. The molecule has 1 amide bonds. The summed E-state index contributed by atoms with van der Waals surface area (Å²) < 4.78 is 21.2. The highest BCUT2D eigenvalue weighted by atomic mass is 19.1. The Labute approximate surface area is 168 Å². The Bertz CT molecular complexity index is 1020. The summed E-state index contributed by atoms with van der Waals surface area (Å²) in [5, 5.41) is 3.96. The number of hydrogen-bond acceptors (Lipinski definition) is 4. The molecule has 6 heteroatoms. The van der Waals surface area contributed by atoms with E-state index in [-0.39, 0.29) is 24.8 Å². The summed E-state index contributed by atoms with van der Waals surface area (Å²) in [4.78, 5) is 19.3. The number of alkyl halides is 1. The van der Waals surface area contributed by atoms with Gasteiger partial charge in [0.05, 0.1) is 12.0 Å². The highest BCUT2D eigenvalue weighted by Gasteiger charge is 2.55. The van der Waals surface area contributed by atoms with Gasteiger partial charge in [-0.15, -0.1) is 0 Å². The number of benzene rings is 2. The lowest BCUT2D eigenvalue weighted by Gasteiger charge is -2.37. The van der Waals surface area contributed by atoms with E-state index in [0.717, 1.165) is 24.0 Å². The number of carbonyl (C=O) groups is 1. The minimum absolute atomic E-state index is 0.00761. The van der Waals surface area contributed by atoms with Crippen molar-refractivity contribution >= 4 is 5.91 Å². The van der Waals surface area contributed by atoms with E-state index in [1.807, 2.05) is 60.7 Å². The molecule has 1 atom stereocenters. The summed E-state index contributed by atoms with van der Waals surface area (Å²) in [6.07, 6.45) is 2.45.